The maximum Gasteiger partial charge on any atom is 0.124 e. The summed E-state index contributed by atoms with van der Waals surface area (Å²) in [6, 6.07) is 4.67. The maximum atomic E-state index is 12.8. The van der Waals surface area contributed by atoms with Crippen molar-refractivity contribution in [3.63, 3.8) is 0 Å². The van der Waals surface area contributed by atoms with Crippen LogP contribution in [0.2, 0.25) is 0 Å². The van der Waals surface area contributed by atoms with Crippen molar-refractivity contribution in [3.8, 4) is 0 Å². The van der Waals surface area contributed by atoms with Gasteiger partial charge in [-0.2, -0.15) is 5.10 Å². The van der Waals surface area contributed by atoms with Crippen LogP contribution in [-0.4, -0.2) is 9.78 Å². The molecule has 1 aromatic heterocycles. The largest absolute Gasteiger partial charge is 0.267 e. The molecule has 0 saturated carbocycles. The maximum absolute atomic E-state index is 12.8. The van der Waals surface area contributed by atoms with Crippen LogP contribution in [0.25, 0.3) is 0 Å². The van der Waals surface area contributed by atoms with Crippen molar-refractivity contribution in [3.05, 3.63) is 50.0 Å². The number of hydrogen-bond donors (Lipinski definition) is 0. The summed E-state index contributed by atoms with van der Waals surface area (Å²) in [4.78, 5) is 0. The standard InChI is InChI=1S/C10H7BrFIN2/c11-10-3-8(12)2-1-7(10)5-15-6-9(13)4-14-15/h1-4,6H,5H2. The highest BCUT2D eigenvalue weighted by molar-refractivity contribution is 14.1. The van der Waals surface area contributed by atoms with Crippen molar-refractivity contribution in [1.29, 1.82) is 0 Å². The molecule has 5 heteroatoms. The molecule has 0 aliphatic rings. The first-order valence-corrected chi connectivity index (χ1v) is 6.14. The van der Waals surface area contributed by atoms with Crippen LogP contribution >= 0.6 is 38.5 Å². The SMILES string of the molecule is Fc1ccc(Cn2cc(I)cn2)c(Br)c1. The van der Waals surface area contributed by atoms with Gasteiger partial charge in [-0.25, -0.2) is 4.39 Å². The van der Waals surface area contributed by atoms with Gasteiger partial charge in [-0.15, -0.1) is 0 Å². The molecule has 1 aromatic carbocycles. The van der Waals surface area contributed by atoms with Crippen LogP contribution in [0.4, 0.5) is 4.39 Å². The van der Waals surface area contributed by atoms with E-state index in [4.69, 9.17) is 0 Å². The number of hydrogen-bond acceptors (Lipinski definition) is 1. The Hall–Kier alpha value is -0.430. The molecule has 0 saturated heterocycles. The summed E-state index contributed by atoms with van der Waals surface area (Å²) in [5.74, 6) is -0.235. The first kappa shape index (κ1) is 11.1. The minimum atomic E-state index is -0.235. The molecule has 2 nitrogen and oxygen atoms in total. The van der Waals surface area contributed by atoms with Crippen LogP contribution in [0.3, 0.4) is 0 Å². The molecule has 0 spiro atoms. The molecular formula is C10H7BrFIN2. The summed E-state index contributed by atoms with van der Waals surface area (Å²) in [5.41, 5.74) is 1.01. The van der Waals surface area contributed by atoms with Crippen LogP contribution in [-0.2, 0) is 6.54 Å². The van der Waals surface area contributed by atoms with Gasteiger partial charge < -0.3 is 0 Å². The molecule has 78 valence electrons. The molecular weight excluding hydrogens is 374 g/mol. The second-order valence-electron chi connectivity index (χ2n) is 3.09. The quantitative estimate of drug-likeness (QED) is 0.730. The third-order valence-electron chi connectivity index (χ3n) is 1.95. The zero-order chi connectivity index (χ0) is 10.8. The lowest BCUT2D eigenvalue weighted by Crippen LogP contribution is -2.00. The minimum Gasteiger partial charge on any atom is -0.267 e. The van der Waals surface area contributed by atoms with Gasteiger partial charge in [-0.1, -0.05) is 22.0 Å². The van der Waals surface area contributed by atoms with Gasteiger partial charge in [0.05, 0.1) is 16.3 Å². The van der Waals surface area contributed by atoms with Gasteiger partial charge >= 0.3 is 0 Å². The molecule has 0 amide bonds. The molecule has 0 bridgehead atoms. The summed E-state index contributed by atoms with van der Waals surface area (Å²) in [5, 5.41) is 4.17. The van der Waals surface area contributed by atoms with E-state index in [9.17, 15) is 4.39 Å². The summed E-state index contributed by atoms with van der Waals surface area (Å²) in [7, 11) is 0. The van der Waals surface area contributed by atoms with Crippen LogP contribution in [0.1, 0.15) is 5.56 Å². The third kappa shape index (κ3) is 2.78. The van der Waals surface area contributed by atoms with Crippen molar-refractivity contribution < 1.29 is 4.39 Å². The fourth-order valence-corrected chi connectivity index (χ4v) is 2.17. The second kappa shape index (κ2) is 4.61. The Morgan fingerprint density at radius 3 is 2.87 bits per heavy atom. The predicted octanol–water partition coefficient (Wildman–Crippen LogP) is 3.44. The van der Waals surface area contributed by atoms with Crippen molar-refractivity contribution in [1.82, 2.24) is 9.78 Å². The predicted molar refractivity (Wildman–Crippen MR) is 68.1 cm³/mol. The molecule has 0 atom stereocenters. The highest BCUT2D eigenvalue weighted by Crippen LogP contribution is 2.19. The van der Waals surface area contributed by atoms with Crippen molar-refractivity contribution in [2.45, 2.75) is 6.54 Å². The molecule has 0 radical (unpaired) electrons. The first-order chi connectivity index (χ1) is 7.15. The monoisotopic (exact) mass is 380 g/mol. The number of benzene rings is 1. The topological polar surface area (TPSA) is 17.8 Å². The van der Waals surface area contributed by atoms with E-state index < -0.39 is 0 Å². The van der Waals surface area contributed by atoms with Gasteiger partial charge in [0.15, 0.2) is 0 Å². The Bertz CT molecular complexity index is 484. The molecule has 0 aliphatic carbocycles. The average molecular weight is 381 g/mol. The van der Waals surface area contributed by atoms with E-state index in [1.165, 1.54) is 12.1 Å². The Morgan fingerprint density at radius 1 is 1.47 bits per heavy atom. The van der Waals surface area contributed by atoms with E-state index in [2.05, 4.69) is 43.6 Å². The fourth-order valence-electron chi connectivity index (χ4n) is 1.25. The summed E-state index contributed by atoms with van der Waals surface area (Å²) >= 11 is 5.53. The summed E-state index contributed by atoms with van der Waals surface area (Å²) in [6.07, 6.45) is 3.73. The number of rotatable bonds is 2. The summed E-state index contributed by atoms with van der Waals surface area (Å²) in [6.45, 7) is 0.643. The molecule has 2 aromatic rings. The van der Waals surface area contributed by atoms with Crippen molar-refractivity contribution in [2.24, 2.45) is 0 Å². The van der Waals surface area contributed by atoms with E-state index in [-0.39, 0.29) is 5.82 Å². The highest BCUT2D eigenvalue weighted by Gasteiger charge is 2.03. The van der Waals surface area contributed by atoms with E-state index in [1.54, 1.807) is 12.3 Å². The van der Waals surface area contributed by atoms with Crippen molar-refractivity contribution >= 4 is 38.5 Å². The smallest absolute Gasteiger partial charge is 0.124 e. The zero-order valence-corrected chi connectivity index (χ0v) is 11.4. The number of aromatic nitrogens is 2. The Balaban J connectivity index is 2.24. The van der Waals surface area contributed by atoms with E-state index in [0.717, 1.165) is 13.6 Å². The highest BCUT2D eigenvalue weighted by atomic mass is 127. The Labute approximate surface area is 109 Å². The van der Waals surface area contributed by atoms with Crippen LogP contribution in [0.15, 0.2) is 35.1 Å². The van der Waals surface area contributed by atoms with Gasteiger partial charge in [0, 0.05) is 10.7 Å². The lowest BCUT2D eigenvalue weighted by atomic mass is 10.2. The first-order valence-electron chi connectivity index (χ1n) is 4.27. The fraction of sp³-hybridized carbons (Fsp3) is 0.100. The molecule has 0 unspecified atom stereocenters. The van der Waals surface area contributed by atoms with Crippen LogP contribution < -0.4 is 0 Å². The number of halogens is 3. The van der Waals surface area contributed by atoms with E-state index >= 15 is 0 Å². The Morgan fingerprint density at radius 2 is 2.27 bits per heavy atom. The van der Waals surface area contributed by atoms with Crippen molar-refractivity contribution in [2.75, 3.05) is 0 Å². The van der Waals surface area contributed by atoms with Gasteiger partial charge in [0.25, 0.3) is 0 Å². The molecule has 15 heavy (non-hydrogen) atoms. The van der Waals surface area contributed by atoms with E-state index in [0.29, 0.717) is 6.54 Å². The van der Waals surface area contributed by atoms with Gasteiger partial charge in [0.1, 0.15) is 5.82 Å². The zero-order valence-electron chi connectivity index (χ0n) is 7.62. The molecule has 0 N–H and O–H groups in total. The summed E-state index contributed by atoms with van der Waals surface area (Å²) < 4.78 is 16.5. The Kier molecular flexibility index (Phi) is 3.40. The van der Waals surface area contributed by atoms with Gasteiger partial charge in [-0.05, 0) is 40.3 Å². The molecule has 1 heterocycles. The minimum absolute atomic E-state index is 0.235. The lowest BCUT2D eigenvalue weighted by Gasteiger charge is -2.04. The third-order valence-corrected chi connectivity index (χ3v) is 3.24. The molecule has 2 rings (SSSR count). The van der Waals surface area contributed by atoms with Crippen LogP contribution in [0, 0.1) is 9.39 Å². The average Bonchev–Trinajstić information content (AvgIpc) is 2.56. The van der Waals surface area contributed by atoms with Gasteiger partial charge in [-0.3, -0.25) is 4.68 Å². The normalized spacial score (nSPS) is 10.6. The molecule has 0 aliphatic heterocycles. The number of nitrogens with zero attached hydrogens (tertiary/aromatic N) is 2. The molecule has 0 fully saturated rings. The van der Waals surface area contributed by atoms with Crippen LogP contribution in [0.5, 0.6) is 0 Å². The van der Waals surface area contributed by atoms with E-state index in [1.807, 2.05) is 10.9 Å². The second-order valence-corrected chi connectivity index (χ2v) is 5.19. The van der Waals surface area contributed by atoms with Gasteiger partial charge in [0.2, 0.25) is 0 Å². The lowest BCUT2D eigenvalue weighted by molar-refractivity contribution is 0.623.